The Morgan fingerprint density at radius 2 is 1.77 bits per heavy atom. The van der Waals surface area contributed by atoms with Gasteiger partial charge in [-0.15, -0.1) is 11.3 Å². The Morgan fingerprint density at radius 1 is 1.05 bits per heavy atom. The number of carbonyl (C=O) groups is 3. The first kappa shape index (κ1) is 28.1. The third kappa shape index (κ3) is 5.33. The maximum atomic E-state index is 14.6. The summed E-state index contributed by atoms with van der Waals surface area (Å²) in [6.07, 6.45) is 0. The first-order valence-corrected chi connectivity index (χ1v) is 14.4. The number of piperazine rings is 1. The minimum Gasteiger partial charge on any atom is -0.375 e. The van der Waals surface area contributed by atoms with Crippen molar-refractivity contribution in [1.82, 2.24) is 15.1 Å². The van der Waals surface area contributed by atoms with Gasteiger partial charge in [0.15, 0.2) is 5.78 Å². The molecule has 3 aromatic rings. The van der Waals surface area contributed by atoms with Gasteiger partial charge in [-0.25, -0.2) is 4.39 Å². The summed E-state index contributed by atoms with van der Waals surface area (Å²) in [4.78, 5) is 47.1. The van der Waals surface area contributed by atoms with E-state index in [2.05, 4.69) is 5.32 Å². The molecular weight excluding hydrogens is 529 g/mol. The van der Waals surface area contributed by atoms with E-state index < -0.39 is 29.7 Å². The number of methoxy groups -OCH3 is 1. The molecule has 0 aliphatic carbocycles. The van der Waals surface area contributed by atoms with E-state index in [1.807, 2.05) is 43.5 Å². The zero-order chi connectivity index (χ0) is 28.4. The van der Waals surface area contributed by atoms with Crippen LogP contribution in [0.4, 0.5) is 4.39 Å². The summed E-state index contributed by atoms with van der Waals surface area (Å²) in [5.74, 6) is -2.60. The molecule has 0 spiro atoms. The van der Waals surface area contributed by atoms with Crippen molar-refractivity contribution >= 4 is 28.9 Å². The van der Waals surface area contributed by atoms with Gasteiger partial charge in [0, 0.05) is 49.6 Å². The number of thiophene rings is 1. The molecule has 0 bridgehead atoms. The third-order valence-electron chi connectivity index (χ3n) is 7.93. The van der Waals surface area contributed by atoms with E-state index in [-0.39, 0.29) is 24.2 Å². The number of halogens is 1. The molecule has 210 valence electrons. The number of carbonyl (C=O) groups excluding carboxylic acids is 3. The number of likely N-dealkylation sites (tertiary alicyclic amines) is 1. The van der Waals surface area contributed by atoms with Crippen LogP contribution >= 0.6 is 11.3 Å². The predicted octanol–water partition coefficient (Wildman–Crippen LogP) is 4.12. The maximum Gasteiger partial charge on any atom is 0.249 e. The van der Waals surface area contributed by atoms with Crippen LogP contribution in [-0.2, 0) is 14.3 Å². The highest BCUT2D eigenvalue weighted by Crippen LogP contribution is 2.53. The van der Waals surface area contributed by atoms with Crippen LogP contribution in [0.2, 0.25) is 0 Å². The topological polar surface area (TPSA) is 79.0 Å². The fourth-order valence-corrected chi connectivity index (χ4v) is 7.19. The Balaban J connectivity index is 1.75. The van der Waals surface area contributed by atoms with Crippen LogP contribution in [0.15, 0.2) is 60.0 Å². The number of ketones is 1. The molecule has 2 amide bonds. The first-order chi connectivity index (χ1) is 19.3. The lowest BCUT2D eigenvalue weighted by molar-refractivity contribution is -0.148. The number of amides is 2. The number of nitrogens with zero attached hydrogens (tertiary/aromatic N) is 2. The monoisotopic (exact) mass is 563 g/mol. The highest BCUT2D eigenvalue weighted by atomic mass is 32.1. The molecule has 5 rings (SSSR count). The molecule has 9 heteroatoms. The van der Waals surface area contributed by atoms with Gasteiger partial charge in [0.2, 0.25) is 11.8 Å². The van der Waals surface area contributed by atoms with Crippen molar-refractivity contribution in [3.63, 3.8) is 0 Å². The van der Waals surface area contributed by atoms with Crippen LogP contribution in [0.1, 0.15) is 43.9 Å². The van der Waals surface area contributed by atoms with Crippen LogP contribution in [0.25, 0.3) is 0 Å². The molecule has 2 aliphatic heterocycles. The lowest BCUT2D eigenvalue weighted by Gasteiger charge is -2.36. The molecule has 0 radical (unpaired) electrons. The number of Topliss-reactive ketones (excluding diaryl/α,β-unsaturated/α-hetero) is 1. The quantitative estimate of drug-likeness (QED) is 0.438. The van der Waals surface area contributed by atoms with Crippen molar-refractivity contribution in [2.75, 3.05) is 39.9 Å². The van der Waals surface area contributed by atoms with Crippen LogP contribution < -0.4 is 5.32 Å². The molecular formula is C31H34FN3O4S. The SMILES string of the molecule is COCC(=O)N1C(C(=O)N2CCNCC2)C(c2ccc(F)cc2)C(C(=O)c2cccc(C)c2)C1c1sccc1C. The van der Waals surface area contributed by atoms with E-state index in [1.165, 1.54) is 30.6 Å². The number of hydrogen-bond acceptors (Lipinski definition) is 6. The minimum absolute atomic E-state index is 0.151. The molecule has 4 unspecified atom stereocenters. The molecule has 1 N–H and O–H groups in total. The number of hydrogen-bond donors (Lipinski definition) is 1. The Morgan fingerprint density at radius 3 is 2.40 bits per heavy atom. The summed E-state index contributed by atoms with van der Waals surface area (Å²) < 4.78 is 19.4. The molecule has 1 aromatic heterocycles. The fraction of sp³-hybridized carbons (Fsp3) is 0.387. The molecule has 0 saturated carbocycles. The van der Waals surface area contributed by atoms with E-state index in [4.69, 9.17) is 4.74 Å². The predicted molar refractivity (Wildman–Crippen MR) is 152 cm³/mol. The van der Waals surface area contributed by atoms with Gasteiger partial charge in [0.25, 0.3) is 0 Å². The fourth-order valence-electron chi connectivity index (χ4n) is 6.11. The molecule has 2 saturated heterocycles. The third-order valence-corrected chi connectivity index (χ3v) is 9.02. The normalized spacial score (nSPS) is 22.9. The van der Waals surface area contributed by atoms with E-state index in [1.54, 1.807) is 28.0 Å². The van der Waals surface area contributed by atoms with Gasteiger partial charge in [-0.3, -0.25) is 14.4 Å². The number of ether oxygens (including phenoxy) is 1. The van der Waals surface area contributed by atoms with Crippen molar-refractivity contribution < 1.29 is 23.5 Å². The lowest BCUT2D eigenvalue weighted by Crippen LogP contribution is -2.55. The minimum atomic E-state index is -0.962. The van der Waals surface area contributed by atoms with Crippen molar-refractivity contribution in [1.29, 1.82) is 0 Å². The summed E-state index contributed by atoms with van der Waals surface area (Å²) in [6, 6.07) is 13.7. The van der Waals surface area contributed by atoms with Gasteiger partial charge in [-0.05, 0) is 54.6 Å². The number of rotatable bonds is 7. The first-order valence-electron chi connectivity index (χ1n) is 13.5. The Hall–Kier alpha value is -3.40. The molecule has 2 fully saturated rings. The maximum absolute atomic E-state index is 14.6. The zero-order valence-electron chi connectivity index (χ0n) is 22.9. The van der Waals surface area contributed by atoms with E-state index >= 15 is 0 Å². The average Bonchev–Trinajstić information content (AvgIpc) is 3.54. The highest BCUT2D eigenvalue weighted by Gasteiger charge is 2.58. The highest BCUT2D eigenvalue weighted by molar-refractivity contribution is 7.10. The molecule has 2 aliphatic rings. The molecule has 7 nitrogen and oxygen atoms in total. The number of aryl methyl sites for hydroxylation is 2. The smallest absolute Gasteiger partial charge is 0.249 e. The van der Waals surface area contributed by atoms with Gasteiger partial charge < -0.3 is 19.9 Å². The summed E-state index contributed by atoms with van der Waals surface area (Å²) in [5.41, 5.74) is 3.05. The second kappa shape index (κ2) is 12.0. The van der Waals surface area contributed by atoms with E-state index in [0.29, 0.717) is 37.3 Å². The second-order valence-corrected chi connectivity index (χ2v) is 11.5. The van der Waals surface area contributed by atoms with Crippen molar-refractivity contribution in [3.05, 3.63) is 92.9 Å². The molecule has 40 heavy (non-hydrogen) atoms. The Bertz CT molecular complexity index is 1390. The Labute approximate surface area is 237 Å². The van der Waals surface area contributed by atoms with Crippen molar-refractivity contribution in [2.45, 2.75) is 31.8 Å². The van der Waals surface area contributed by atoms with Gasteiger partial charge in [-0.2, -0.15) is 0 Å². The summed E-state index contributed by atoms with van der Waals surface area (Å²) in [6.45, 7) is 5.93. The average molecular weight is 564 g/mol. The molecule has 3 heterocycles. The summed E-state index contributed by atoms with van der Waals surface area (Å²) in [5, 5.41) is 5.21. The zero-order valence-corrected chi connectivity index (χ0v) is 23.7. The van der Waals surface area contributed by atoms with Gasteiger partial charge in [0.05, 0.1) is 12.0 Å². The van der Waals surface area contributed by atoms with Gasteiger partial charge >= 0.3 is 0 Å². The van der Waals surface area contributed by atoms with Crippen LogP contribution in [0.5, 0.6) is 0 Å². The Kier molecular flexibility index (Phi) is 8.44. The van der Waals surface area contributed by atoms with Crippen LogP contribution in [0, 0.1) is 25.6 Å². The van der Waals surface area contributed by atoms with E-state index in [9.17, 15) is 18.8 Å². The van der Waals surface area contributed by atoms with Crippen molar-refractivity contribution in [2.24, 2.45) is 5.92 Å². The largest absolute Gasteiger partial charge is 0.375 e. The standard InChI is InChI=1S/C31H34FN3O4S/c1-19-5-4-6-22(17-19)29(37)26-25(21-7-9-23(32)10-8-21)28(31(38)34-14-12-33-13-15-34)35(24(36)18-39-3)27(26)30-20(2)11-16-40-30/h4-11,16-17,25-28,33H,12-15,18H2,1-3H3. The van der Waals surface area contributed by atoms with Gasteiger partial charge in [-0.1, -0.05) is 35.9 Å². The summed E-state index contributed by atoms with van der Waals surface area (Å²) in [7, 11) is 1.44. The number of nitrogens with one attached hydrogen (secondary N) is 1. The van der Waals surface area contributed by atoms with Crippen molar-refractivity contribution in [3.8, 4) is 0 Å². The van der Waals surface area contributed by atoms with Crippen LogP contribution in [-0.4, -0.2) is 73.3 Å². The second-order valence-electron chi connectivity index (χ2n) is 10.5. The molecule has 4 atom stereocenters. The van der Waals surface area contributed by atoms with Gasteiger partial charge in [0.1, 0.15) is 18.5 Å². The van der Waals surface area contributed by atoms with E-state index in [0.717, 1.165) is 16.0 Å². The molecule has 2 aromatic carbocycles. The summed E-state index contributed by atoms with van der Waals surface area (Å²) >= 11 is 1.47. The number of benzene rings is 2. The lowest BCUT2D eigenvalue weighted by atomic mass is 9.76. The van der Waals surface area contributed by atoms with Crippen LogP contribution in [0.3, 0.4) is 0 Å².